The molecule has 1 N–H and O–H groups in total. The molecule has 1 saturated carbocycles. The minimum absolute atomic E-state index is 0.0749. The third-order valence-corrected chi connectivity index (χ3v) is 8.03. The number of anilines is 1. The van der Waals surface area contributed by atoms with Crippen LogP contribution in [0.3, 0.4) is 0 Å². The van der Waals surface area contributed by atoms with Crippen molar-refractivity contribution in [1.29, 1.82) is 0 Å². The fraction of sp³-hybridized carbons (Fsp3) is 0.500. The second-order valence-electron chi connectivity index (χ2n) is 9.69. The van der Waals surface area contributed by atoms with Crippen LogP contribution in [0.4, 0.5) is 18.9 Å². The Bertz CT molecular complexity index is 1010. The van der Waals surface area contributed by atoms with Gasteiger partial charge < -0.3 is 10.2 Å². The fourth-order valence-electron chi connectivity index (χ4n) is 6.37. The summed E-state index contributed by atoms with van der Waals surface area (Å²) in [6, 6.07) is 11.8. The molecule has 0 aromatic heterocycles. The molecule has 3 nitrogen and oxygen atoms in total. The topological polar surface area (TPSA) is 32.3 Å². The predicted octanol–water partition coefficient (Wildman–Crippen LogP) is 5.26. The molecule has 2 aliphatic carbocycles. The van der Waals surface area contributed by atoms with E-state index in [1.807, 2.05) is 6.07 Å². The molecule has 1 amide bonds. The maximum Gasteiger partial charge on any atom is 0.416 e. The van der Waals surface area contributed by atoms with E-state index in [4.69, 9.17) is 0 Å². The summed E-state index contributed by atoms with van der Waals surface area (Å²) in [4.78, 5) is 14.6. The zero-order chi connectivity index (χ0) is 22.5. The lowest BCUT2D eigenvalue weighted by Crippen LogP contribution is -2.59. The van der Waals surface area contributed by atoms with Crippen molar-refractivity contribution in [2.75, 3.05) is 18.5 Å². The first-order valence-corrected chi connectivity index (χ1v) is 11.6. The molecule has 0 radical (unpaired) electrons. The van der Waals surface area contributed by atoms with Crippen LogP contribution < -0.4 is 10.2 Å². The number of fused-ring (bicyclic) bond motifs is 1. The van der Waals surface area contributed by atoms with Crippen LogP contribution in [-0.2, 0) is 29.2 Å². The van der Waals surface area contributed by atoms with Crippen LogP contribution in [0, 0.1) is 5.92 Å². The Kier molecular flexibility index (Phi) is 5.31. The Morgan fingerprint density at radius 2 is 1.91 bits per heavy atom. The monoisotopic (exact) mass is 442 g/mol. The lowest BCUT2D eigenvalue weighted by Gasteiger charge is -2.56. The first-order valence-electron chi connectivity index (χ1n) is 11.6. The molecule has 3 aliphatic rings. The number of amides is 1. The number of halogens is 3. The zero-order valence-electron chi connectivity index (χ0n) is 18.3. The molecule has 2 aromatic rings. The number of nitrogens with one attached hydrogen (secondary N) is 1. The maximum atomic E-state index is 13.0. The van der Waals surface area contributed by atoms with E-state index in [2.05, 4.69) is 17.4 Å². The highest BCUT2D eigenvalue weighted by atomic mass is 19.4. The molecule has 170 valence electrons. The molecule has 0 spiro atoms. The summed E-state index contributed by atoms with van der Waals surface area (Å²) in [5, 5.41) is 3.75. The van der Waals surface area contributed by atoms with Gasteiger partial charge in [0.1, 0.15) is 0 Å². The van der Waals surface area contributed by atoms with E-state index in [0.29, 0.717) is 17.5 Å². The molecule has 1 aliphatic heterocycles. The van der Waals surface area contributed by atoms with Crippen molar-refractivity contribution in [3.05, 3.63) is 64.7 Å². The average molecular weight is 443 g/mol. The molecule has 2 fully saturated rings. The third-order valence-electron chi connectivity index (χ3n) is 8.03. The van der Waals surface area contributed by atoms with Crippen molar-refractivity contribution in [3.63, 3.8) is 0 Å². The van der Waals surface area contributed by atoms with Gasteiger partial charge >= 0.3 is 6.18 Å². The van der Waals surface area contributed by atoms with Crippen LogP contribution in [0.5, 0.6) is 0 Å². The lowest BCUT2D eigenvalue weighted by molar-refractivity contribution is -0.137. The maximum absolute atomic E-state index is 13.0. The molecule has 3 atom stereocenters. The summed E-state index contributed by atoms with van der Waals surface area (Å²) >= 11 is 0. The van der Waals surface area contributed by atoms with E-state index in [1.54, 1.807) is 11.9 Å². The largest absolute Gasteiger partial charge is 0.416 e. The Labute approximate surface area is 187 Å². The van der Waals surface area contributed by atoms with Gasteiger partial charge in [0.25, 0.3) is 0 Å². The van der Waals surface area contributed by atoms with Gasteiger partial charge in [0.15, 0.2) is 0 Å². The van der Waals surface area contributed by atoms with Crippen molar-refractivity contribution in [3.8, 4) is 0 Å². The van der Waals surface area contributed by atoms with E-state index in [0.717, 1.165) is 37.2 Å². The zero-order valence-corrected chi connectivity index (χ0v) is 18.3. The second kappa shape index (κ2) is 7.91. The first kappa shape index (κ1) is 21.5. The van der Waals surface area contributed by atoms with Crippen LogP contribution in [0.15, 0.2) is 42.5 Å². The van der Waals surface area contributed by atoms with Gasteiger partial charge in [-0.15, -0.1) is 0 Å². The average Bonchev–Trinajstić information content (AvgIpc) is 2.78. The highest BCUT2D eigenvalue weighted by Gasteiger charge is 2.51. The minimum Gasteiger partial charge on any atom is -0.315 e. The molecular formula is C26H29F3N2O. The summed E-state index contributed by atoms with van der Waals surface area (Å²) in [6.07, 6.45) is 2.94. The predicted molar refractivity (Wildman–Crippen MR) is 119 cm³/mol. The lowest BCUT2D eigenvalue weighted by atomic mass is 9.53. The van der Waals surface area contributed by atoms with E-state index in [-0.39, 0.29) is 17.7 Å². The third kappa shape index (κ3) is 3.62. The second-order valence-corrected chi connectivity index (χ2v) is 9.69. The van der Waals surface area contributed by atoms with Gasteiger partial charge in [-0.05, 0) is 79.1 Å². The number of carbonyl (C=O) groups excluding carboxylic acids is 1. The van der Waals surface area contributed by atoms with Crippen LogP contribution >= 0.6 is 0 Å². The van der Waals surface area contributed by atoms with Crippen molar-refractivity contribution >= 4 is 11.6 Å². The van der Waals surface area contributed by atoms with Crippen molar-refractivity contribution in [2.24, 2.45) is 5.92 Å². The van der Waals surface area contributed by atoms with Crippen molar-refractivity contribution in [1.82, 2.24) is 5.32 Å². The smallest absolute Gasteiger partial charge is 0.315 e. The highest BCUT2D eigenvalue weighted by Crippen LogP contribution is 2.54. The highest BCUT2D eigenvalue weighted by molar-refractivity contribution is 5.94. The Morgan fingerprint density at radius 3 is 2.66 bits per heavy atom. The molecular weight excluding hydrogens is 413 g/mol. The normalized spacial score (nSPS) is 26.8. The summed E-state index contributed by atoms with van der Waals surface area (Å²) in [5.74, 6) is 0.544. The number of alkyl halides is 3. The van der Waals surface area contributed by atoms with Crippen LogP contribution in [0.1, 0.15) is 54.4 Å². The number of carbonyl (C=O) groups is 1. The molecule has 0 unspecified atom stereocenters. The van der Waals surface area contributed by atoms with Crippen LogP contribution in [0.25, 0.3) is 0 Å². The van der Waals surface area contributed by atoms with Crippen LogP contribution in [-0.4, -0.2) is 25.5 Å². The molecule has 1 saturated heterocycles. The summed E-state index contributed by atoms with van der Waals surface area (Å²) < 4.78 is 38.4. The van der Waals surface area contributed by atoms with Gasteiger partial charge in [0.05, 0.1) is 12.0 Å². The van der Waals surface area contributed by atoms with Gasteiger partial charge in [-0.2, -0.15) is 13.2 Å². The molecule has 6 heteroatoms. The molecule has 5 rings (SSSR count). The molecule has 2 bridgehead atoms. The SMILES string of the molecule is CN(C(=O)Cc1ccc(C(F)(F)F)cc1)c1ccc2c(c1)[C@@]13CCCC[C@H]1[C@@H](C2)NCC3. The first-order chi connectivity index (χ1) is 15.3. The van der Waals surface area contributed by atoms with Crippen molar-refractivity contribution < 1.29 is 18.0 Å². The Morgan fingerprint density at radius 1 is 1.12 bits per heavy atom. The van der Waals surface area contributed by atoms with E-state index in [1.165, 1.54) is 48.9 Å². The van der Waals surface area contributed by atoms with E-state index < -0.39 is 11.7 Å². The number of hydrogen-bond donors (Lipinski definition) is 1. The number of piperidine rings is 1. The fourth-order valence-corrected chi connectivity index (χ4v) is 6.37. The standard InChI is InChI=1S/C26H29F3N2O/c1-31(24(32)14-17-5-8-19(9-6-17)26(27,28)29)20-10-7-18-15-23-21-4-2-3-11-25(21,12-13-30-23)22(18)16-20/h5-10,16,21,23,30H,2-4,11-15H2,1H3/t21-,23+,25+/m0/s1. The Balaban J connectivity index is 1.38. The quantitative estimate of drug-likeness (QED) is 0.704. The number of hydrogen-bond acceptors (Lipinski definition) is 2. The van der Waals surface area contributed by atoms with E-state index in [9.17, 15) is 18.0 Å². The van der Waals surface area contributed by atoms with Gasteiger partial charge in [-0.1, -0.05) is 31.0 Å². The molecule has 1 heterocycles. The van der Waals surface area contributed by atoms with Crippen molar-refractivity contribution in [2.45, 2.75) is 62.6 Å². The summed E-state index contributed by atoms with van der Waals surface area (Å²) in [7, 11) is 1.76. The van der Waals surface area contributed by atoms with Gasteiger partial charge in [-0.3, -0.25) is 4.79 Å². The number of likely N-dealkylation sites (N-methyl/N-ethyl adjacent to an activating group) is 1. The number of rotatable bonds is 3. The Hall–Kier alpha value is -2.34. The molecule has 32 heavy (non-hydrogen) atoms. The van der Waals surface area contributed by atoms with Gasteiger partial charge in [0.2, 0.25) is 5.91 Å². The van der Waals surface area contributed by atoms with Gasteiger partial charge in [-0.25, -0.2) is 0 Å². The van der Waals surface area contributed by atoms with E-state index >= 15 is 0 Å². The van der Waals surface area contributed by atoms with Crippen LogP contribution in [0.2, 0.25) is 0 Å². The number of benzene rings is 2. The molecule has 2 aromatic carbocycles. The minimum atomic E-state index is -4.37. The number of nitrogens with zero attached hydrogens (tertiary/aromatic N) is 1. The summed E-state index contributed by atoms with van der Waals surface area (Å²) in [6.45, 7) is 1.05. The van der Waals surface area contributed by atoms with Gasteiger partial charge in [0, 0.05) is 24.2 Å². The summed E-state index contributed by atoms with van der Waals surface area (Å²) in [5.41, 5.74) is 3.80.